The number of carbonyl (C=O) groups excluding carboxylic acids is 1. The number of carbonyl (C=O) groups is 1. The molecule has 0 unspecified atom stereocenters. The standard InChI is InChI=1S/C14H15NO3/c1-3-8-15-14(16)13-11(9-17-2)10-6-4-5-7-12(10)18-13/h3-7H,1,8-9H2,2H3,(H,15,16). The molecule has 1 N–H and O–H groups in total. The van der Waals surface area contributed by atoms with Gasteiger partial charge < -0.3 is 14.5 Å². The maximum atomic E-state index is 12.0. The highest BCUT2D eigenvalue weighted by Gasteiger charge is 2.19. The van der Waals surface area contributed by atoms with E-state index in [9.17, 15) is 4.79 Å². The largest absolute Gasteiger partial charge is 0.451 e. The van der Waals surface area contributed by atoms with E-state index in [1.54, 1.807) is 13.2 Å². The lowest BCUT2D eigenvalue weighted by molar-refractivity contribution is 0.0926. The molecule has 0 atom stereocenters. The molecule has 0 saturated heterocycles. The van der Waals surface area contributed by atoms with Crippen molar-refractivity contribution in [3.63, 3.8) is 0 Å². The van der Waals surface area contributed by atoms with E-state index in [-0.39, 0.29) is 5.91 Å². The molecule has 0 saturated carbocycles. The number of furan rings is 1. The Kier molecular flexibility index (Phi) is 3.79. The van der Waals surface area contributed by atoms with Crippen molar-refractivity contribution < 1.29 is 13.9 Å². The predicted octanol–water partition coefficient (Wildman–Crippen LogP) is 2.50. The molecular formula is C14H15NO3. The third kappa shape index (κ3) is 2.28. The van der Waals surface area contributed by atoms with E-state index in [0.29, 0.717) is 24.5 Å². The van der Waals surface area contributed by atoms with Crippen LogP contribution >= 0.6 is 0 Å². The zero-order valence-electron chi connectivity index (χ0n) is 10.2. The summed E-state index contributed by atoms with van der Waals surface area (Å²) in [5.74, 6) is 0.0538. The first kappa shape index (κ1) is 12.4. The fraction of sp³-hybridized carbons (Fsp3) is 0.214. The van der Waals surface area contributed by atoms with E-state index in [1.807, 2.05) is 24.3 Å². The van der Waals surface area contributed by atoms with Crippen molar-refractivity contribution in [2.45, 2.75) is 6.61 Å². The minimum atomic E-state index is -0.252. The van der Waals surface area contributed by atoms with Crippen LogP contribution in [0.3, 0.4) is 0 Å². The first-order valence-corrected chi connectivity index (χ1v) is 5.66. The molecule has 2 rings (SSSR count). The molecular weight excluding hydrogens is 230 g/mol. The number of benzene rings is 1. The number of rotatable bonds is 5. The Morgan fingerprint density at radius 3 is 3.00 bits per heavy atom. The molecule has 2 aromatic rings. The van der Waals surface area contributed by atoms with Crippen molar-refractivity contribution in [3.8, 4) is 0 Å². The minimum Gasteiger partial charge on any atom is -0.451 e. The normalized spacial score (nSPS) is 10.5. The lowest BCUT2D eigenvalue weighted by Crippen LogP contribution is -2.23. The van der Waals surface area contributed by atoms with Gasteiger partial charge in [0.25, 0.3) is 5.91 Å². The Hall–Kier alpha value is -2.07. The van der Waals surface area contributed by atoms with Crippen molar-refractivity contribution in [1.29, 1.82) is 0 Å². The molecule has 4 nitrogen and oxygen atoms in total. The molecule has 0 spiro atoms. The molecule has 18 heavy (non-hydrogen) atoms. The number of hydrogen-bond acceptors (Lipinski definition) is 3. The average molecular weight is 245 g/mol. The van der Waals surface area contributed by atoms with Gasteiger partial charge in [-0.25, -0.2) is 0 Å². The van der Waals surface area contributed by atoms with Gasteiger partial charge in [0.1, 0.15) is 5.58 Å². The molecule has 94 valence electrons. The zero-order chi connectivity index (χ0) is 13.0. The molecule has 0 aliphatic carbocycles. The number of fused-ring (bicyclic) bond motifs is 1. The Balaban J connectivity index is 2.44. The van der Waals surface area contributed by atoms with Crippen LogP contribution in [-0.2, 0) is 11.3 Å². The maximum Gasteiger partial charge on any atom is 0.287 e. The second kappa shape index (κ2) is 5.51. The van der Waals surface area contributed by atoms with E-state index in [2.05, 4.69) is 11.9 Å². The Morgan fingerprint density at radius 1 is 1.50 bits per heavy atom. The van der Waals surface area contributed by atoms with Gasteiger partial charge in [0, 0.05) is 24.6 Å². The predicted molar refractivity (Wildman–Crippen MR) is 69.5 cm³/mol. The maximum absolute atomic E-state index is 12.0. The summed E-state index contributed by atoms with van der Waals surface area (Å²) >= 11 is 0. The first-order valence-electron chi connectivity index (χ1n) is 5.66. The van der Waals surface area contributed by atoms with Crippen molar-refractivity contribution in [2.24, 2.45) is 0 Å². The van der Waals surface area contributed by atoms with E-state index in [1.165, 1.54) is 0 Å². The highest BCUT2D eigenvalue weighted by Crippen LogP contribution is 2.26. The molecule has 4 heteroatoms. The molecule has 1 amide bonds. The van der Waals surface area contributed by atoms with E-state index in [4.69, 9.17) is 9.15 Å². The van der Waals surface area contributed by atoms with Crippen LogP contribution in [0, 0.1) is 0 Å². The lowest BCUT2D eigenvalue weighted by atomic mass is 10.1. The Labute approximate surface area is 105 Å². The van der Waals surface area contributed by atoms with E-state index >= 15 is 0 Å². The van der Waals surface area contributed by atoms with Crippen molar-refractivity contribution in [1.82, 2.24) is 5.32 Å². The van der Waals surface area contributed by atoms with Gasteiger partial charge >= 0.3 is 0 Å². The van der Waals surface area contributed by atoms with Crippen LogP contribution in [0.5, 0.6) is 0 Å². The Morgan fingerprint density at radius 2 is 2.28 bits per heavy atom. The number of hydrogen-bond donors (Lipinski definition) is 1. The summed E-state index contributed by atoms with van der Waals surface area (Å²) < 4.78 is 10.7. The van der Waals surface area contributed by atoms with Gasteiger partial charge in [0.2, 0.25) is 0 Å². The fourth-order valence-corrected chi connectivity index (χ4v) is 1.81. The third-order valence-corrected chi connectivity index (χ3v) is 2.60. The summed E-state index contributed by atoms with van der Waals surface area (Å²) in [6.07, 6.45) is 1.62. The molecule has 0 radical (unpaired) electrons. The van der Waals surface area contributed by atoms with Gasteiger partial charge in [-0.05, 0) is 6.07 Å². The molecule has 0 aliphatic heterocycles. The van der Waals surface area contributed by atoms with Crippen LogP contribution < -0.4 is 5.32 Å². The monoisotopic (exact) mass is 245 g/mol. The van der Waals surface area contributed by atoms with Crippen molar-refractivity contribution in [2.75, 3.05) is 13.7 Å². The first-order chi connectivity index (χ1) is 8.77. The van der Waals surface area contributed by atoms with E-state index in [0.717, 1.165) is 10.9 Å². The summed E-state index contributed by atoms with van der Waals surface area (Å²) in [5.41, 5.74) is 1.46. The van der Waals surface area contributed by atoms with Gasteiger partial charge in [0.05, 0.1) is 6.61 Å². The fourth-order valence-electron chi connectivity index (χ4n) is 1.81. The van der Waals surface area contributed by atoms with Crippen LogP contribution in [0.2, 0.25) is 0 Å². The molecule has 1 aromatic heterocycles. The molecule has 0 aliphatic rings. The van der Waals surface area contributed by atoms with Crippen LogP contribution in [-0.4, -0.2) is 19.6 Å². The molecule has 1 aromatic carbocycles. The third-order valence-electron chi connectivity index (χ3n) is 2.60. The second-order valence-electron chi connectivity index (χ2n) is 3.84. The highest BCUT2D eigenvalue weighted by molar-refractivity contribution is 5.99. The summed E-state index contributed by atoms with van der Waals surface area (Å²) in [5, 5.41) is 3.61. The smallest absolute Gasteiger partial charge is 0.287 e. The second-order valence-corrected chi connectivity index (χ2v) is 3.84. The number of methoxy groups -OCH3 is 1. The molecule has 1 heterocycles. The van der Waals surface area contributed by atoms with Gasteiger partial charge in [-0.2, -0.15) is 0 Å². The molecule has 0 fully saturated rings. The Bertz CT molecular complexity index is 571. The van der Waals surface area contributed by atoms with Gasteiger partial charge in [-0.1, -0.05) is 24.3 Å². The summed E-state index contributed by atoms with van der Waals surface area (Å²) in [6, 6.07) is 7.52. The minimum absolute atomic E-state index is 0.252. The lowest BCUT2D eigenvalue weighted by Gasteiger charge is -2.02. The van der Waals surface area contributed by atoms with E-state index < -0.39 is 0 Å². The number of amides is 1. The van der Waals surface area contributed by atoms with Gasteiger partial charge in [-0.3, -0.25) is 4.79 Å². The molecule has 0 bridgehead atoms. The number of para-hydroxylation sites is 1. The zero-order valence-corrected chi connectivity index (χ0v) is 10.2. The number of ether oxygens (including phenoxy) is 1. The van der Waals surface area contributed by atoms with Crippen molar-refractivity contribution >= 4 is 16.9 Å². The summed E-state index contributed by atoms with van der Waals surface area (Å²) in [6.45, 7) is 4.30. The van der Waals surface area contributed by atoms with Gasteiger partial charge in [-0.15, -0.1) is 6.58 Å². The van der Waals surface area contributed by atoms with Crippen LogP contribution in [0.4, 0.5) is 0 Å². The average Bonchev–Trinajstić information content (AvgIpc) is 2.76. The highest BCUT2D eigenvalue weighted by atomic mass is 16.5. The van der Waals surface area contributed by atoms with Crippen LogP contribution in [0.25, 0.3) is 11.0 Å². The topological polar surface area (TPSA) is 51.5 Å². The van der Waals surface area contributed by atoms with Crippen LogP contribution in [0.1, 0.15) is 16.1 Å². The van der Waals surface area contributed by atoms with Gasteiger partial charge in [0.15, 0.2) is 5.76 Å². The number of nitrogens with one attached hydrogen (secondary N) is 1. The van der Waals surface area contributed by atoms with Crippen LogP contribution in [0.15, 0.2) is 41.3 Å². The summed E-state index contributed by atoms with van der Waals surface area (Å²) in [7, 11) is 1.59. The van der Waals surface area contributed by atoms with Crippen molar-refractivity contribution in [3.05, 3.63) is 48.2 Å². The SMILES string of the molecule is C=CCNC(=O)c1oc2ccccc2c1COC. The quantitative estimate of drug-likeness (QED) is 0.823. The summed E-state index contributed by atoms with van der Waals surface area (Å²) in [4.78, 5) is 12.0.